The number of likely N-dealkylation sites (tertiary alicyclic amines) is 1. The van der Waals surface area contributed by atoms with Gasteiger partial charge in [-0.15, -0.1) is 0 Å². The predicted octanol–water partition coefficient (Wildman–Crippen LogP) is 2.90. The molecule has 1 aromatic rings. The second kappa shape index (κ2) is 7.74. The molecule has 0 bridgehead atoms. The van der Waals surface area contributed by atoms with Crippen LogP contribution < -0.4 is 0 Å². The van der Waals surface area contributed by atoms with Crippen LogP contribution in [-0.2, 0) is 9.63 Å². The Morgan fingerprint density at radius 1 is 1.27 bits per heavy atom. The summed E-state index contributed by atoms with van der Waals surface area (Å²) in [7, 11) is 1.87. The van der Waals surface area contributed by atoms with Crippen LogP contribution in [0.2, 0.25) is 0 Å². The zero-order valence-corrected chi connectivity index (χ0v) is 16.0. The fraction of sp³-hybridized carbons (Fsp3) is 0.600. The predicted molar refractivity (Wildman–Crippen MR) is 99.5 cm³/mol. The highest BCUT2D eigenvalue weighted by Crippen LogP contribution is 2.26. The summed E-state index contributed by atoms with van der Waals surface area (Å²) in [5, 5.41) is 4.12. The number of hydrogen-bond donors (Lipinski definition) is 0. The van der Waals surface area contributed by atoms with Gasteiger partial charge in [0.1, 0.15) is 5.82 Å². The first-order chi connectivity index (χ1) is 12.4. The molecule has 0 N–H and O–H groups in total. The van der Waals surface area contributed by atoms with Crippen LogP contribution in [0.1, 0.15) is 39.2 Å². The summed E-state index contributed by atoms with van der Waals surface area (Å²) in [6, 6.07) is 6.92. The minimum absolute atomic E-state index is 0.0265. The minimum Gasteiger partial charge on any atom is -0.381 e. The first-order valence-electron chi connectivity index (χ1n) is 9.39. The monoisotopic (exact) mass is 361 g/mol. The molecule has 2 atom stereocenters. The van der Waals surface area contributed by atoms with Gasteiger partial charge >= 0.3 is 0 Å². The van der Waals surface area contributed by atoms with E-state index in [1.54, 1.807) is 12.1 Å². The number of nitrogens with zero attached hydrogens (tertiary/aromatic N) is 3. The zero-order chi connectivity index (χ0) is 18.8. The molecule has 3 rings (SSSR count). The van der Waals surface area contributed by atoms with Gasteiger partial charge in [-0.25, -0.2) is 4.39 Å². The lowest BCUT2D eigenvalue weighted by atomic mass is 9.92. The number of likely N-dealkylation sites (N-methyl/N-ethyl adjacent to an activating group) is 1. The van der Waals surface area contributed by atoms with Crippen molar-refractivity contribution >= 4 is 11.6 Å². The molecule has 1 fully saturated rings. The number of rotatable bonds is 4. The molecule has 2 aliphatic rings. The summed E-state index contributed by atoms with van der Waals surface area (Å²) >= 11 is 0. The first kappa shape index (κ1) is 18.8. The molecule has 2 aliphatic heterocycles. The maximum Gasteiger partial charge on any atom is 0.267 e. The number of oxime groups is 1. The molecule has 0 spiro atoms. The molecule has 0 aromatic heterocycles. The topological polar surface area (TPSA) is 45.1 Å². The molecule has 1 saturated heterocycles. The molecule has 0 aliphatic carbocycles. The van der Waals surface area contributed by atoms with Crippen LogP contribution >= 0.6 is 0 Å². The molecule has 1 amide bonds. The van der Waals surface area contributed by atoms with Crippen molar-refractivity contribution in [1.29, 1.82) is 0 Å². The van der Waals surface area contributed by atoms with Crippen molar-refractivity contribution in [2.75, 3.05) is 20.1 Å². The average molecular weight is 361 g/mol. The van der Waals surface area contributed by atoms with Crippen molar-refractivity contribution in [3.63, 3.8) is 0 Å². The SMILES string of the molecule is CC1C(c2ccc(F)cc2)=NOC1C(=O)N(C)C1CCN(C(C)C)CC1. The van der Waals surface area contributed by atoms with Gasteiger partial charge in [0.15, 0.2) is 0 Å². The van der Waals surface area contributed by atoms with Gasteiger partial charge in [0, 0.05) is 32.2 Å². The fourth-order valence-electron chi connectivity index (χ4n) is 3.80. The standard InChI is InChI=1S/C20H28FN3O2/c1-13(2)24-11-9-17(10-12-24)23(4)20(25)19-14(3)18(22-26-19)15-5-7-16(21)8-6-15/h5-8,13-14,17,19H,9-12H2,1-4H3. The van der Waals surface area contributed by atoms with Crippen molar-refractivity contribution in [3.8, 4) is 0 Å². The van der Waals surface area contributed by atoms with E-state index in [2.05, 4.69) is 23.9 Å². The van der Waals surface area contributed by atoms with Crippen LogP contribution in [0.3, 0.4) is 0 Å². The third-order valence-electron chi connectivity index (χ3n) is 5.66. The largest absolute Gasteiger partial charge is 0.381 e. The van der Waals surface area contributed by atoms with Gasteiger partial charge in [-0.05, 0) is 44.4 Å². The Hall–Kier alpha value is -1.95. The molecule has 0 saturated carbocycles. The van der Waals surface area contributed by atoms with Gasteiger partial charge in [0.05, 0.1) is 11.6 Å². The van der Waals surface area contributed by atoms with E-state index in [9.17, 15) is 9.18 Å². The minimum atomic E-state index is -0.608. The van der Waals surface area contributed by atoms with Gasteiger partial charge < -0.3 is 14.6 Å². The maximum absolute atomic E-state index is 13.1. The number of amides is 1. The summed E-state index contributed by atoms with van der Waals surface area (Å²) in [6.07, 6.45) is 1.35. The average Bonchev–Trinajstić information content (AvgIpc) is 3.02. The van der Waals surface area contributed by atoms with Crippen molar-refractivity contribution in [1.82, 2.24) is 9.80 Å². The second-order valence-corrected chi connectivity index (χ2v) is 7.61. The zero-order valence-electron chi connectivity index (χ0n) is 16.0. The van der Waals surface area contributed by atoms with Gasteiger partial charge in [0.2, 0.25) is 6.10 Å². The Morgan fingerprint density at radius 3 is 2.46 bits per heavy atom. The van der Waals surface area contributed by atoms with Gasteiger partial charge in [-0.2, -0.15) is 0 Å². The lowest BCUT2D eigenvalue weighted by Crippen LogP contribution is -2.50. The van der Waals surface area contributed by atoms with E-state index < -0.39 is 6.10 Å². The van der Waals surface area contributed by atoms with E-state index in [1.807, 2.05) is 18.9 Å². The van der Waals surface area contributed by atoms with Crippen molar-refractivity contribution < 1.29 is 14.0 Å². The quantitative estimate of drug-likeness (QED) is 0.828. The third kappa shape index (κ3) is 3.75. The van der Waals surface area contributed by atoms with E-state index in [-0.39, 0.29) is 23.7 Å². The van der Waals surface area contributed by atoms with E-state index in [0.29, 0.717) is 11.8 Å². The Kier molecular flexibility index (Phi) is 5.61. The lowest BCUT2D eigenvalue weighted by Gasteiger charge is -2.39. The summed E-state index contributed by atoms with van der Waals surface area (Å²) in [6.45, 7) is 8.37. The summed E-state index contributed by atoms with van der Waals surface area (Å²) in [5.41, 5.74) is 1.49. The van der Waals surface area contributed by atoms with Crippen molar-refractivity contribution in [3.05, 3.63) is 35.6 Å². The lowest BCUT2D eigenvalue weighted by molar-refractivity contribution is -0.145. The molecule has 26 heavy (non-hydrogen) atoms. The van der Waals surface area contributed by atoms with Gasteiger partial charge in [0.25, 0.3) is 5.91 Å². The number of piperidine rings is 1. The van der Waals surface area contributed by atoms with Gasteiger partial charge in [-0.1, -0.05) is 24.2 Å². The number of hydrogen-bond acceptors (Lipinski definition) is 4. The van der Waals surface area contributed by atoms with E-state index in [1.165, 1.54) is 12.1 Å². The molecular weight excluding hydrogens is 333 g/mol. The van der Waals surface area contributed by atoms with Gasteiger partial charge in [-0.3, -0.25) is 4.79 Å². The van der Waals surface area contributed by atoms with E-state index in [0.717, 1.165) is 31.5 Å². The molecule has 1 aromatic carbocycles. The highest BCUT2D eigenvalue weighted by atomic mass is 19.1. The van der Waals surface area contributed by atoms with Crippen molar-refractivity contribution in [2.45, 2.75) is 51.8 Å². The Morgan fingerprint density at radius 2 is 1.88 bits per heavy atom. The van der Waals surface area contributed by atoms with Crippen LogP contribution in [0, 0.1) is 11.7 Å². The third-order valence-corrected chi connectivity index (χ3v) is 5.66. The molecule has 2 heterocycles. The summed E-state index contributed by atoms with van der Waals surface area (Å²) < 4.78 is 13.1. The van der Waals surface area contributed by atoms with E-state index in [4.69, 9.17) is 4.84 Å². The Labute approximate surface area is 154 Å². The molecule has 6 heteroatoms. The normalized spacial score (nSPS) is 24.5. The Balaban J connectivity index is 1.61. The molecule has 2 unspecified atom stereocenters. The molecule has 0 radical (unpaired) electrons. The van der Waals surface area contributed by atoms with Crippen LogP contribution in [0.15, 0.2) is 29.4 Å². The number of carbonyl (C=O) groups excluding carboxylic acids is 1. The maximum atomic E-state index is 13.1. The van der Waals surface area contributed by atoms with Crippen LogP contribution in [0.25, 0.3) is 0 Å². The summed E-state index contributed by atoms with van der Waals surface area (Å²) in [5.74, 6) is -0.478. The summed E-state index contributed by atoms with van der Waals surface area (Å²) in [4.78, 5) is 22.7. The van der Waals surface area contributed by atoms with Crippen LogP contribution in [-0.4, -0.2) is 59.7 Å². The highest BCUT2D eigenvalue weighted by Gasteiger charge is 2.40. The fourth-order valence-corrected chi connectivity index (χ4v) is 3.80. The highest BCUT2D eigenvalue weighted by molar-refractivity contribution is 6.05. The smallest absolute Gasteiger partial charge is 0.267 e. The Bertz CT molecular complexity index is 666. The second-order valence-electron chi connectivity index (χ2n) is 7.61. The number of halogens is 1. The van der Waals surface area contributed by atoms with Crippen LogP contribution in [0.5, 0.6) is 0 Å². The van der Waals surface area contributed by atoms with Crippen LogP contribution in [0.4, 0.5) is 4.39 Å². The van der Waals surface area contributed by atoms with Crippen molar-refractivity contribution in [2.24, 2.45) is 11.1 Å². The number of carbonyl (C=O) groups is 1. The molecule has 5 nitrogen and oxygen atoms in total. The van der Waals surface area contributed by atoms with E-state index >= 15 is 0 Å². The molecular formula is C20H28FN3O2. The number of benzene rings is 1. The first-order valence-corrected chi connectivity index (χ1v) is 9.39. The molecule has 142 valence electrons.